The molecule has 0 aliphatic carbocycles. The Kier molecular flexibility index (Phi) is 5.25. The first-order chi connectivity index (χ1) is 9.19. The van der Waals surface area contributed by atoms with Crippen molar-refractivity contribution in [3.63, 3.8) is 0 Å². The van der Waals surface area contributed by atoms with Crippen LogP contribution in [0.15, 0.2) is 52.5 Å². The van der Waals surface area contributed by atoms with Crippen LogP contribution in [0, 0.1) is 0 Å². The van der Waals surface area contributed by atoms with Crippen LogP contribution in [0.4, 0.5) is 0 Å². The minimum Gasteiger partial charge on any atom is -0.310 e. The molecular weight excluding hydrogens is 276 g/mol. The Morgan fingerprint density at radius 2 is 1.95 bits per heavy atom. The molecule has 2 aromatic rings. The summed E-state index contributed by atoms with van der Waals surface area (Å²) in [4.78, 5) is 5.63. The third-order valence-corrected chi connectivity index (χ3v) is 4.02. The zero-order valence-electron chi connectivity index (χ0n) is 11.1. The normalized spacial score (nSPS) is 12.4. The molecule has 0 radical (unpaired) electrons. The van der Waals surface area contributed by atoms with Crippen molar-refractivity contribution < 1.29 is 0 Å². The molecule has 1 N–H and O–H groups in total. The average Bonchev–Trinajstić information content (AvgIpc) is 2.42. The molecule has 1 aromatic carbocycles. The molecule has 0 fully saturated rings. The SMILES string of the molecule is CCNC(C)c1ccc(Sc2ccc(Cl)cc2)nc1. The van der Waals surface area contributed by atoms with Crippen molar-refractivity contribution in [1.82, 2.24) is 10.3 Å². The molecule has 0 spiro atoms. The minimum absolute atomic E-state index is 0.340. The van der Waals surface area contributed by atoms with E-state index in [9.17, 15) is 0 Å². The molecule has 1 aromatic heterocycles. The van der Waals surface area contributed by atoms with E-state index >= 15 is 0 Å². The highest BCUT2D eigenvalue weighted by molar-refractivity contribution is 7.99. The van der Waals surface area contributed by atoms with E-state index in [1.54, 1.807) is 11.8 Å². The Balaban J connectivity index is 2.04. The average molecular weight is 293 g/mol. The summed E-state index contributed by atoms with van der Waals surface area (Å²) in [5.74, 6) is 0. The summed E-state index contributed by atoms with van der Waals surface area (Å²) in [5.41, 5.74) is 1.21. The maximum atomic E-state index is 5.87. The first-order valence-corrected chi connectivity index (χ1v) is 7.51. The largest absolute Gasteiger partial charge is 0.310 e. The molecule has 19 heavy (non-hydrogen) atoms. The zero-order valence-corrected chi connectivity index (χ0v) is 12.6. The highest BCUT2D eigenvalue weighted by Crippen LogP contribution is 2.27. The third-order valence-electron chi connectivity index (χ3n) is 2.81. The number of rotatable bonds is 5. The molecule has 0 saturated heterocycles. The van der Waals surface area contributed by atoms with Gasteiger partial charge in [-0.25, -0.2) is 4.98 Å². The number of pyridine rings is 1. The van der Waals surface area contributed by atoms with Gasteiger partial charge in [0.15, 0.2) is 0 Å². The van der Waals surface area contributed by atoms with Crippen molar-refractivity contribution in [2.24, 2.45) is 0 Å². The van der Waals surface area contributed by atoms with Gasteiger partial charge in [-0.15, -0.1) is 0 Å². The fourth-order valence-electron chi connectivity index (χ4n) is 1.76. The monoisotopic (exact) mass is 292 g/mol. The summed E-state index contributed by atoms with van der Waals surface area (Å²) >= 11 is 7.51. The summed E-state index contributed by atoms with van der Waals surface area (Å²) < 4.78 is 0. The van der Waals surface area contributed by atoms with Gasteiger partial charge >= 0.3 is 0 Å². The molecule has 0 aliphatic heterocycles. The molecule has 0 amide bonds. The predicted octanol–water partition coefficient (Wildman–Crippen LogP) is 4.56. The van der Waals surface area contributed by atoms with Crippen LogP contribution in [-0.4, -0.2) is 11.5 Å². The lowest BCUT2D eigenvalue weighted by atomic mass is 10.1. The summed E-state index contributed by atoms with van der Waals surface area (Å²) in [6.07, 6.45) is 1.94. The third kappa shape index (κ3) is 4.23. The predicted molar refractivity (Wildman–Crippen MR) is 81.9 cm³/mol. The zero-order chi connectivity index (χ0) is 13.7. The molecule has 1 atom stereocenters. The minimum atomic E-state index is 0.340. The van der Waals surface area contributed by atoms with E-state index in [2.05, 4.69) is 36.3 Å². The van der Waals surface area contributed by atoms with Crippen LogP contribution in [0.2, 0.25) is 5.02 Å². The second-order valence-electron chi connectivity index (χ2n) is 4.27. The second-order valence-corrected chi connectivity index (χ2v) is 5.80. The lowest BCUT2D eigenvalue weighted by Crippen LogP contribution is -2.17. The number of halogens is 1. The lowest BCUT2D eigenvalue weighted by molar-refractivity contribution is 0.595. The molecule has 1 unspecified atom stereocenters. The van der Waals surface area contributed by atoms with E-state index in [0.29, 0.717) is 6.04 Å². The van der Waals surface area contributed by atoms with Crippen LogP contribution >= 0.6 is 23.4 Å². The van der Waals surface area contributed by atoms with Crippen molar-refractivity contribution in [3.8, 4) is 0 Å². The maximum absolute atomic E-state index is 5.87. The van der Waals surface area contributed by atoms with Crippen LogP contribution < -0.4 is 5.32 Å². The number of hydrogen-bond acceptors (Lipinski definition) is 3. The standard InChI is InChI=1S/C15H17ClN2S/c1-3-17-11(2)12-4-9-15(18-10-12)19-14-7-5-13(16)6-8-14/h4-11,17H,3H2,1-2H3. The van der Waals surface area contributed by atoms with Gasteiger partial charge in [-0.1, -0.05) is 36.4 Å². The van der Waals surface area contributed by atoms with Gasteiger partial charge in [-0.05, 0) is 49.4 Å². The summed E-state index contributed by atoms with van der Waals surface area (Å²) in [7, 11) is 0. The molecule has 2 nitrogen and oxygen atoms in total. The van der Waals surface area contributed by atoms with Gasteiger partial charge in [-0.2, -0.15) is 0 Å². The highest BCUT2D eigenvalue weighted by Gasteiger charge is 2.05. The molecule has 4 heteroatoms. The number of nitrogens with zero attached hydrogens (tertiary/aromatic N) is 1. The molecule has 0 aliphatic rings. The van der Waals surface area contributed by atoms with E-state index in [-0.39, 0.29) is 0 Å². The quantitative estimate of drug-likeness (QED) is 0.874. The molecule has 2 rings (SSSR count). The van der Waals surface area contributed by atoms with Gasteiger partial charge < -0.3 is 5.32 Å². The molecule has 1 heterocycles. The Bertz CT molecular complexity index is 511. The van der Waals surface area contributed by atoms with Crippen molar-refractivity contribution >= 4 is 23.4 Å². The van der Waals surface area contributed by atoms with Gasteiger partial charge in [0.1, 0.15) is 5.03 Å². The Morgan fingerprint density at radius 3 is 2.53 bits per heavy atom. The van der Waals surface area contributed by atoms with E-state index in [1.165, 1.54) is 5.56 Å². The van der Waals surface area contributed by atoms with Gasteiger partial charge in [-0.3, -0.25) is 0 Å². The van der Waals surface area contributed by atoms with E-state index in [0.717, 1.165) is 21.5 Å². The van der Waals surface area contributed by atoms with E-state index in [4.69, 9.17) is 11.6 Å². The van der Waals surface area contributed by atoms with Crippen LogP contribution in [0.3, 0.4) is 0 Å². The van der Waals surface area contributed by atoms with Crippen molar-refractivity contribution in [2.75, 3.05) is 6.54 Å². The van der Waals surface area contributed by atoms with Crippen molar-refractivity contribution in [2.45, 2.75) is 29.8 Å². The smallest absolute Gasteiger partial charge is 0.101 e. The van der Waals surface area contributed by atoms with Gasteiger partial charge in [0.05, 0.1) is 0 Å². The molecular formula is C15H17ClN2S. The summed E-state index contributed by atoms with van der Waals surface area (Å²) in [6, 6.07) is 12.3. The van der Waals surface area contributed by atoms with Gasteiger partial charge in [0.25, 0.3) is 0 Å². The van der Waals surface area contributed by atoms with Crippen molar-refractivity contribution in [3.05, 3.63) is 53.2 Å². The molecule has 100 valence electrons. The summed E-state index contributed by atoms with van der Waals surface area (Å²) in [6.45, 7) is 5.21. The van der Waals surface area contributed by atoms with Crippen LogP contribution in [0.25, 0.3) is 0 Å². The fraction of sp³-hybridized carbons (Fsp3) is 0.267. The number of benzene rings is 1. The van der Waals surface area contributed by atoms with Gasteiger partial charge in [0.2, 0.25) is 0 Å². The first-order valence-electron chi connectivity index (χ1n) is 6.32. The maximum Gasteiger partial charge on any atom is 0.101 e. The van der Waals surface area contributed by atoms with E-state index in [1.807, 2.05) is 30.5 Å². The van der Waals surface area contributed by atoms with Crippen LogP contribution in [0.5, 0.6) is 0 Å². The topological polar surface area (TPSA) is 24.9 Å². The van der Waals surface area contributed by atoms with Gasteiger partial charge in [0, 0.05) is 22.2 Å². The summed E-state index contributed by atoms with van der Waals surface area (Å²) in [5, 5.41) is 5.13. The molecule has 0 saturated carbocycles. The Morgan fingerprint density at radius 1 is 1.21 bits per heavy atom. The van der Waals surface area contributed by atoms with Crippen LogP contribution in [-0.2, 0) is 0 Å². The highest BCUT2D eigenvalue weighted by atomic mass is 35.5. The van der Waals surface area contributed by atoms with Crippen molar-refractivity contribution in [1.29, 1.82) is 0 Å². The number of aromatic nitrogens is 1. The lowest BCUT2D eigenvalue weighted by Gasteiger charge is -2.12. The molecule has 0 bridgehead atoms. The van der Waals surface area contributed by atoms with E-state index < -0.39 is 0 Å². The fourth-order valence-corrected chi connectivity index (χ4v) is 2.64. The first kappa shape index (κ1) is 14.4. The second kappa shape index (κ2) is 6.94. The Labute approximate surface area is 123 Å². The Hall–Kier alpha value is -1.03. The van der Waals surface area contributed by atoms with Crippen LogP contribution in [0.1, 0.15) is 25.5 Å². The number of nitrogens with one attached hydrogen (secondary N) is 1. The number of hydrogen-bond donors (Lipinski definition) is 1.